The summed E-state index contributed by atoms with van der Waals surface area (Å²) in [5, 5.41) is 8.87. The van der Waals surface area contributed by atoms with E-state index in [1.807, 2.05) is 18.2 Å². The quantitative estimate of drug-likeness (QED) is 0.861. The fourth-order valence-corrected chi connectivity index (χ4v) is 2.66. The lowest BCUT2D eigenvalue weighted by Gasteiger charge is -2.27. The summed E-state index contributed by atoms with van der Waals surface area (Å²) < 4.78 is 0. The molecule has 1 aromatic carbocycles. The lowest BCUT2D eigenvalue weighted by molar-refractivity contribution is 0.220. The third kappa shape index (κ3) is 2.85. The van der Waals surface area contributed by atoms with Crippen molar-refractivity contribution in [2.75, 3.05) is 7.05 Å². The van der Waals surface area contributed by atoms with E-state index >= 15 is 0 Å². The number of benzene rings is 1. The molecule has 1 aliphatic rings. The SMILES string of the molecule is CN(Cc1cccc(C#N)c1)C1CCCC1N. The molecule has 2 N–H and O–H groups in total. The van der Waals surface area contributed by atoms with Crippen molar-refractivity contribution in [3.63, 3.8) is 0 Å². The van der Waals surface area contributed by atoms with E-state index in [-0.39, 0.29) is 0 Å². The van der Waals surface area contributed by atoms with Gasteiger partial charge in [-0.05, 0) is 37.6 Å². The largest absolute Gasteiger partial charge is 0.326 e. The molecular weight excluding hydrogens is 210 g/mol. The zero-order chi connectivity index (χ0) is 12.3. The van der Waals surface area contributed by atoms with Crippen LogP contribution in [0, 0.1) is 11.3 Å². The van der Waals surface area contributed by atoms with Gasteiger partial charge in [0.25, 0.3) is 0 Å². The Hall–Kier alpha value is -1.37. The molecule has 0 amide bonds. The van der Waals surface area contributed by atoms with Crippen LogP contribution in [-0.2, 0) is 6.54 Å². The molecule has 0 aliphatic heterocycles. The van der Waals surface area contributed by atoms with Gasteiger partial charge in [-0.1, -0.05) is 18.6 Å². The Morgan fingerprint density at radius 3 is 2.94 bits per heavy atom. The molecule has 2 atom stereocenters. The summed E-state index contributed by atoms with van der Waals surface area (Å²) in [6, 6.07) is 10.8. The van der Waals surface area contributed by atoms with Gasteiger partial charge >= 0.3 is 0 Å². The van der Waals surface area contributed by atoms with Crippen LogP contribution in [-0.4, -0.2) is 24.0 Å². The molecule has 0 saturated heterocycles. The highest BCUT2D eigenvalue weighted by atomic mass is 15.1. The third-order valence-corrected chi connectivity index (χ3v) is 3.59. The predicted molar refractivity (Wildman–Crippen MR) is 68.2 cm³/mol. The molecule has 1 fully saturated rings. The summed E-state index contributed by atoms with van der Waals surface area (Å²) >= 11 is 0. The Morgan fingerprint density at radius 2 is 2.29 bits per heavy atom. The highest BCUT2D eigenvalue weighted by Gasteiger charge is 2.27. The van der Waals surface area contributed by atoms with Gasteiger partial charge in [-0.15, -0.1) is 0 Å². The Bertz CT molecular complexity index is 422. The summed E-state index contributed by atoms with van der Waals surface area (Å²) in [5.74, 6) is 0. The first-order chi connectivity index (χ1) is 8.20. The molecule has 17 heavy (non-hydrogen) atoms. The number of nitriles is 1. The molecule has 0 radical (unpaired) electrons. The summed E-state index contributed by atoms with van der Waals surface area (Å²) in [6.07, 6.45) is 3.55. The van der Waals surface area contributed by atoms with Gasteiger partial charge < -0.3 is 5.73 Å². The van der Waals surface area contributed by atoms with Crippen LogP contribution >= 0.6 is 0 Å². The first kappa shape index (κ1) is 12.1. The molecular formula is C14H19N3. The molecule has 3 nitrogen and oxygen atoms in total. The van der Waals surface area contributed by atoms with Crippen LogP contribution in [0.2, 0.25) is 0 Å². The van der Waals surface area contributed by atoms with E-state index in [9.17, 15) is 0 Å². The van der Waals surface area contributed by atoms with Crippen molar-refractivity contribution >= 4 is 0 Å². The minimum atomic E-state index is 0.305. The Kier molecular flexibility index (Phi) is 3.78. The maximum atomic E-state index is 8.87. The third-order valence-electron chi connectivity index (χ3n) is 3.59. The molecule has 2 rings (SSSR count). The smallest absolute Gasteiger partial charge is 0.0991 e. The normalized spacial score (nSPS) is 23.9. The lowest BCUT2D eigenvalue weighted by Crippen LogP contribution is -2.41. The fraction of sp³-hybridized carbons (Fsp3) is 0.500. The molecule has 0 bridgehead atoms. The van der Waals surface area contributed by atoms with Crippen molar-refractivity contribution in [1.29, 1.82) is 5.26 Å². The molecule has 1 aromatic rings. The topological polar surface area (TPSA) is 53.0 Å². The van der Waals surface area contributed by atoms with Gasteiger partial charge in [0.2, 0.25) is 0 Å². The van der Waals surface area contributed by atoms with Gasteiger partial charge in [-0.2, -0.15) is 5.26 Å². The molecule has 0 aromatic heterocycles. The Balaban J connectivity index is 2.02. The number of rotatable bonds is 3. The second kappa shape index (κ2) is 5.31. The molecule has 1 saturated carbocycles. The molecule has 0 heterocycles. The van der Waals surface area contributed by atoms with Crippen LogP contribution in [0.5, 0.6) is 0 Å². The van der Waals surface area contributed by atoms with Crippen LogP contribution in [0.4, 0.5) is 0 Å². The van der Waals surface area contributed by atoms with Crippen LogP contribution in [0.1, 0.15) is 30.4 Å². The highest BCUT2D eigenvalue weighted by Crippen LogP contribution is 2.23. The van der Waals surface area contributed by atoms with Crippen LogP contribution in [0.15, 0.2) is 24.3 Å². The van der Waals surface area contributed by atoms with E-state index in [0.717, 1.165) is 18.5 Å². The number of likely N-dealkylation sites (N-methyl/N-ethyl adjacent to an activating group) is 1. The predicted octanol–water partition coefficient (Wildman–Crippen LogP) is 1.87. The van der Waals surface area contributed by atoms with E-state index < -0.39 is 0 Å². The molecule has 3 heteroatoms. The van der Waals surface area contributed by atoms with Crippen LogP contribution in [0.3, 0.4) is 0 Å². The van der Waals surface area contributed by atoms with Gasteiger partial charge in [0.05, 0.1) is 11.6 Å². The molecule has 0 spiro atoms. The highest BCUT2D eigenvalue weighted by molar-refractivity contribution is 5.32. The van der Waals surface area contributed by atoms with Gasteiger partial charge in [-0.25, -0.2) is 0 Å². The number of nitrogens with zero attached hydrogens (tertiary/aromatic N) is 2. The van der Waals surface area contributed by atoms with Crippen molar-refractivity contribution in [2.45, 2.75) is 37.9 Å². The summed E-state index contributed by atoms with van der Waals surface area (Å²) in [4.78, 5) is 2.31. The maximum absolute atomic E-state index is 8.87. The van der Waals surface area contributed by atoms with Crippen molar-refractivity contribution in [1.82, 2.24) is 4.90 Å². The minimum Gasteiger partial charge on any atom is -0.326 e. The number of hydrogen-bond donors (Lipinski definition) is 1. The van der Waals surface area contributed by atoms with E-state index in [2.05, 4.69) is 24.1 Å². The van der Waals surface area contributed by atoms with Gasteiger partial charge in [0.15, 0.2) is 0 Å². The summed E-state index contributed by atoms with van der Waals surface area (Å²) in [7, 11) is 2.12. The van der Waals surface area contributed by atoms with Crippen molar-refractivity contribution in [3.05, 3.63) is 35.4 Å². The first-order valence-corrected chi connectivity index (χ1v) is 6.15. The molecule has 2 unspecified atom stereocenters. The average Bonchev–Trinajstić information content (AvgIpc) is 2.76. The standard InChI is InChI=1S/C14H19N3/c1-17(14-7-3-6-13(14)16)10-12-5-2-4-11(8-12)9-15/h2,4-5,8,13-14H,3,6-7,10,16H2,1H3. The Morgan fingerprint density at radius 1 is 1.47 bits per heavy atom. The molecule has 1 aliphatic carbocycles. The second-order valence-corrected chi connectivity index (χ2v) is 4.89. The van der Waals surface area contributed by atoms with E-state index in [1.165, 1.54) is 18.4 Å². The van der Waals surface area contributed by atoms with Crippen molar-refractivity contribution < 1.29 is 0 Å². The van der Waals surface area contributed by atoms with Gasteiger partial charge in [0, 0.05) is 18.6 Å². The number of hydrogen-bond acceptors (Lipinski definition) is 3. The van der Waals surface area contributed by atoms with E-state index in [0.29, 0.717) is 12.1 Å². The summed E-state index contributed by atoms with van der Waals surface area (Å²) in [6.45, 7) is 0.869. The monoisotopic (exact) mass is 229 g/mol. The van der Waals surface area contributed by atoms with Crippen LogP contribution in [0.25, 0.3) is 0 Å². The van der Waals surface area contributed by atoms with Crippen LogP contribution < -0.4 is 5.73 Å². The van der Waals surface area contributed by atoms with E-state index in [1.54, 1.807) is 0 Å². The zero-order valence-electron chi connectivity index (χ0n) is 10.3. The zero-order valence-corrected chi connectivity index (χ0v) is 10.3. The van der Waals surface area contributed by atoms with Crippen molar-refractivity contribution in [2.24, 2.45) is 5.73 Å². The first-order valence-electron chi connectivity index (χ1n) is 6.15. The maximum Gasteiger partial charge on any atom is 0.0991 e. The van der Waals surface area contributed by atoms with Crippen molar-refractivity contribution in [3.8, 4) is 6.07 Å². The minimum absolute atomic E-state index is 0.305. The summed E-state index contributed by atoms with van der Waals surface area (Å²) in [5.41, 5.74) is 8.01. The van der Waals surface area contributed by atoms with Gasteiger partial charge in [0.1, 0.15) is 0 Å². The average molecular weight is 229 g/mol. The fourth-order valence-electron chi connectivity index (χ4n) is 2.66. The lowest BCUT2D eigenvalue weighted by atomic mass is 10.1. The van der Waals surface area contributed by atoms with Gasteiger partial charge in [-0.3, -0.25) is 4.90 Å². The number of nitrogens with two attached hydrogens (primary N) is 1. The Labute approximate surface area is 103 Å². The van der Waals surface area contributed by atoms with E-state index in [4.69, 9.17) is 11.0 Å². The second-order valence-electron chi connectivity index (χ2n) is 4.89. The molecule has 90 valence electrons.